The second-order valence-corrected chi connectivity index (χ2v) is 8.29. The monoisotopic (exact) mass is 446 g/mol. The van der Waals surface area contributed by atoms with Gasteiger partial charge in [0.05, 0.1) is 18.8 Å². The van der Waals surface area contributed by atoms with E-state index in [4.69, 9.17) is 14.0 Å². The molecule has 170 valence electrons. The maximum Gasteiger partial charge on any atom is 0.322 e. The third kappa shape index (κ3) is 4.59. The first kappa shape index (κ1) is 22.5. The molecule has 2 atom stereocenters. The number of hydrogen-bond donors (Lipinski definition) is 1. The van der Waals surface area contributed by atoms with Crippen LogP contribution in [0.15, 0.2) is 40.9 Å². The molecule has 0 saturated carbocycles. The van der Waals surface area contributed by atoms with Gasteiger partial charge in [-0.2, -0.15) is 10.2 Å². The Labute approximate surface area is 192 Å². The molecule has 1 aliphatic rings. The lowest BCUT2D eigenvalue weighted by molar-refractivity contribution is -0.142. The van der Waals surface area contributed by atoms with Crippen LogP contribution in [-0.2, 0) is 16.0 Å². The van der Waals surface area contributed by atoms with E-state index in [9.17, 15) is 10.1 Å². The number of carbonyl (C=O) groups is 1. The summed E-state index contributed by atoms with van der Waals surface area (Å²) in [5.41, 5.74) is 4.22. The van der Waals surface area contributed by atoms with E-state index in [1.165, 1.54) is 7.11 Å². The summed E-state index contributed by atoms with van der Waals surface area (Å²) in [5.74, 6) is 1.06. The van der Waals surface area contributed by atoms with Crippen molar-refractivity contribution in [2.45, 2.75) is 51.8 Å². The van der Waals surface area contributed by atoms with E-state index in [0.29, 0.717) is 28.6 Å². The summed E-state index contributed by atoms with van der Waals surface area (Å²) in [6.07, 6.45) is 1.66. The van der Waals surface area contributed by atoms with Crippen LogP contribution in [0.25, 0.3) is 22.8 Å². The Morgan fingerprint density at radius 1 is 1.27 bits per heavy atom. The minimum Gasteiger partial charge on any atom is -0.490 e. The van der Waals surface area contributed by atoms with Gasteiger partial charge in [-0.25, -0.2) is 0 Å². The molecule has 33 heavy (non-hydrogen) atoms. The standard InChI is InChI=1S/C25H26N4O4/c1-14(2)32-22-11-8-16(12-17(22)13-26)24-28-23(29-33-24)20-7-5-6-19-18(20)9-10-21(19)27-15(3)25(30)31-4/h5-8,11-12,14-15,21,27H,9-10H2,1-4H3/t15-,21-/m0/s1. The van der Waals surface area contributed by atoms with E-state index in [1.807, 2.05) is 26.0 Å². The topological polar surface area (TPSA) is 110 Å². The second-order valence-electron chi connectivity index (χ2n) is 8.29. The van der Waals surface area contributed by atoms with Crippen molar-refractivity contribution >= 4 is 5.97 Å². The number of nitriles is 1. The molecule has 0 bridgehead atoms. The summed E-state index contributed by atoms with van der Waals surface area (Å²) in [4.78, 5) is 16.4. The molecule has 8 nitrogen and oxygen atoms in total. The van der Waals surface area contributed by atoms with Crippen LogP contribution in [0.3, 0.4) is 0 Å². The van der Waals surface area contributed by atoms with Gasteiger partial charge in [-0.1, -0.05) is 23.4 Å². The van der Waals surface area contributed by atoms with Crippen LogP contribution < -0.4 is 10.1 Å². The maximum atomic E-state index is 11.8. The normalized spacial score (nSPS) is 15.7. The third-order valence-corrected chi connectivity index (χ3v) is 5.65. The lowest BCUT2D eigenvalue weighted by Gasteiger charge is -2.18. The minimum absolute atomic E-state index is 0.0351. The molecule has 0 spiro atoms. The van der Waals surface area contributed by atoms with Gasteiger partial charge in [-0.3, -0.25) is 10.1 Å². The molecule has 1 N–H and O–H groups in total. The molecule has 8 heteroatoms. The molecular formula is C25H26N4O4. The van der Waals surface area contributed by atoms with Crippen LogP contribution in [0.4, 0.5) is 0 Å². The van der Waals surface area contributed by atoms with Gasteiger partial charge in [0.15, 0.2) is 0 Å². The van der Waals surface area contributed by atoms with E-state index < -0.39 is 6.04 Å². The van der Waals surface area contributed by atoms with Crippen LogP contribution >= 0.6 is 0 Å². The largest absolute Gasteiger partial charge is 0.490 e. The zero-order valence-corrected chi connectivity index (χ0v) is 19.1. The average Bonchev–Trinajstić information content (AvgIpc) is 3.46. The highest BCUT2D eigenvalue weighted by atomic mass is 16.5. The number of methoxy groups -OCH3 is 1. The Morgan fingerprint density at radius 3 is 2.82 bits per heavy atom. The van der Waals surface area contributed by atoms with Crippen LogP contribution in [0.2, 0.25) is 0 Å². The number of nitrogens with zero attached hydrogens (tertiary/aromatic N) is 3. The first-order chi connectivity index (χ1) is 15.9. The van der Waals surface area contributed by atoms with Gasteiger partial charge < -0.3 is 14.0 Å². The van der Waals surface area contributed by atoms with Crippen molar-refractivity contribution in [1.29, 1.82) is 5.26 Å². The summed E-state index contributed by atoms with van der Waals surface area (Å²) in [6, 6.07) is 13.0. The van der Waals surface area contributed by atoms with E-state index in [2.05, 4.69) is 27.6 Å². The van der Waals surface area contributed by atoms with Crippen LogP contribution in [0.5, 0.6) is 5.75 Å². The molecule has 3 aromatic rings. The Hall–Kier alpha value is -3.70. The second kappa shape index (κ2) is 9.43. The van der Waals surface area contributed by atoms with Crippen LogP contribution in [-0.4, -0.2) is 35.4 Å². The lowest BCUT2D eigenvalue weighted by Crippen LogP contribution is -2.36. The number of hydrogen-bond acceptors (Lipinski definition) is 8. The molecule has 0 amide bonds. The van der Waals surface area contributed by atoms with Crippen molar-refractivity contribution in [3.05, 3.63) is 53.1 Å². The van der Waals surface area contributed by atoms with Gasteiger partial charge >= 0.3 is 5.97 Å². The highest BCUT2D eigenvalue weighted by Crippen LogP contribution is 2.38. The van der Waals surface area contributed by atoms with E-state index in [1.54, 1.807) is 25.1 Å². The number of benzene rings is 2. The highest BCUT2D eigenvalue weighted by Gasteiger charge is 2.29. The number of ether oxygens (including phenoxy) is 2. The number of fused-ring (bicyclic) bond motifs is 1. The molecule has 0 radical (unpaired) electrons. The molecule has 1 aliphatic carbocycles. The Bertz CT molecular complexity index is 1210. The maximum absolute atomic E-state index is 11.8. The van der Waals surface area contributed by atoms with E-state index >= 15 is 0 Å². The van der Waals surface area contributed by atoms with Crippen LogP contribution in [0, 0.1) is 11.3 Å². The molecule has 0 aliphatic heterocycles. The van der Waals surface area contributed by atoms with Crippen molar-refractivity contribution < 1.29 is 18.8 Å². The Balaban J connectivity index is 1.61. The molecule has 1 heterocycles. The SMILES string of the molecule is COC(=O)[C@H](C)N[C@H]1CCc2c(-c3noc(-c4ccc(OC(C)C)c(C#N)c4)n3)cccc21. The number of esters is 1. The molecule has 1 aromatic heterocycles. The third-order valence-electron chi connectivity index (χ3n) is 5.65. The molecule has 4 rings (SSSR count). The fourth-order valence-electron chi connectivity index (χ4n) is 4.14. The molecule has 0 unspecified atom stereocenters. The number of nitrogens with one attached hydrogen (secondary N) is 1. The summed E-state index contributed by atoms with van der Waals surface area (Å²) in [6.45, 7) is 5.62. The predicted octanol–water partition coefficient (Wildman–Crippen LogP) is 4.20. The summed E-state index contributed by atoms with van der Waals surface area (Å²) in [5, 5.41) is 17.0. The van der Waals surface area contributed by atoms with Gasteiger partial charge in [-0.15, -0.1) is 0 Å². The van der Waals surface area contributed by atoms with Crippen molar-refractivity contribution in [2.75, 3.05) is 7.11 Å². The summed E-state index contributed by atoms with van der Waals surface area (Å²) in [7, 11) is 1.39. The first-order valence-corrected chi connectivity index (χ1v) is 10.9. The molecule has 2 aromatic carbocycles. The van der Waals surface area contributed by atoms with Crippen LogP contribution in [0.1, 0.15) is 49.9 Å². The average molecular weight is 447 g/mol. The van der Waals surface area contributed by atoms with Gasteiger partial charge in [0.25, 0.3) is 5.89 Å². The van der Waals surface area contributed by atoms with E-state index in [0.717, 1.165) is 29.5 Å². The highest BCUT2D eigenvalue weighted by molar-refractivity contribution is 5.75. The fraction of sp³-hybridized carbons (Fsp3) is 0.360. The minimum atomic E-state index is -0.400. The zero-order valence-electron chi connectivity index (χ0n) is 19.1. The van der Waals surface area contributed by atoms with Gasteiger partial charge in [-0.05, 0) is 62.9 Å². The van der Waals surface area contributed by atoms with Gasteiger partial charge in [0, 0.05) is 17.2 Å². The van der Waals surface area contributed by atoms with Crippen molar-refractivity contribution in [2.24, 2.45) is 0 Å². The van der Waals surface area contributed by atoms with Crippen molar-refractivity contribution in [3.63, 3.8) is 0 Å². The molecule has 0 saturated heterocycles. The smallest absolute Gasteiger partial charge is 0.322 e. The number of aromatic nitrogens is 2. The Morgan fingerprint density at radius 2 is 2.09 bits per heavy atom. The van der Waals surface area contributed by atoms with Gasteiger partial charge in [0.1, 0.15) is 17.9 Å². The zero-order chi connectivity index (χ0) is 23.5. The van der Waals surface area contributed by atoms with Crippen molar-refractivity contribution in [1.82, 2.24) is 15.5 Å². The summed E-state index contributed by atoms with van der Waals surface area (Å²) >= 11 is 0. The Kier molecular flexibility index (Phi) is 6.43. The summed E-state index contributed by atoms with van der Waals surface area (Å²) < 4.78 is 16.1. The predicted molar refractivity (Wildman–Crippen MR) is 121 cm³/mol. The first-order valence-electron chi connectivity index (χ1n) is 10.9. The van der Waals surface area contributed by atoms with E-state index in [-0.39, 0.29) is 18.1 Å². The fourth-order valence-corrected chi connectivity index (χ4v) is 4.14. The van der Waals surface area contributed by atoms with Crippen molar-refractivity contribution in [3.8, 4) is 34.7 Å². The van der Waals surface area contributed by atoms with Gasteiger partial charge in [0.2, 0.25) is 5.82 Å². The number of carbonyl (C=O) groups excluding carboxylic acids is 1. The quantitative estimate of drug-likeness (QED) is 0.538. The number of rotatable bonds is 7. The molecule has 0 fully saturated rings. The lowest BCUT2D eigenvalue weighted by atomic mass is 10.0. The molecular weight excluding hydrogens is 420 g/mol.